The molecule has 0 N–H and O–H groups in total. The van der Waals surface area contributed by atoms with Gasteiger partial charge < -0.3 is 9.47 Å². The summed E-state index contributed by atoms with van der Waals surface area (Å²) in [6, 6.07) is 9.76. The van der Waals surface area contributed by atoms with Crippen molar-refractivity contribution < 1.29 is 9.47 Å². The normalized spacial score (nSPS) is 10.3. The molecule has 0 atom stereocenters. The van der Waals surface area contributed by atoms with Gasteiger partial charge in [-0.25, -0.2) is 0 Å². The Hall–Kier alpha value is -1.68. The zero-order valence-corrected chi connectivity index (χ0v) is 12.2. The van der Waals surface area contributed by atoms with Crippen molar-refractivity contribution in [2.75, 3.05) is 14.2 Å². The van der Waals surface area contributed by atoms with Crippen molar-refractivity contribution >= 4 is 12.6 Å². The SMILES string of the molecule is COc1ccc(-c2ccc(CS)c(C)n2)c(OC)c1. The molecule has 0 amide bonds. The maximum Gasteiger partial charge on any atom is 0.131 e. The molecular formula is C15H17NO2S. The number of ether oxygens (including phenoxy) is 2. The van der Waals surface area contributed by atoms with E-state index in [9.17, 15) is 0 Å². The van der Waals surface area contributed by atoms with Crippen molar-refractivity contribution in [2.45, 2.75) is 12.7 Å². The first-order chi connectivity index (χ1) is 9.19. The van der Waals surface area contributed by atoms with Crippen LogP contribution in [0.3, 0.4) is 0 Å². The van der Waals surface area contributed by atoms with Gasteiger partial charge in [0.25, 0.3) is 0 Å². The number of pyridine rings is 1. The smallest absolute Gasteiger partial charge is 0.131 e. The molecule has 3 nitrogen and oxygen atoms in total. The predicted molar refractivity (Wildman–Crippen MR) is 80.2 cm³/mol. The highest BCUT2D eigenvalue weighted by molar-refractivity contribution is 7.79. The predicted octanol–water partition coefficient (Wildman–Crippen LogP) is 3.50. The van der Waals surface area contributed by atoms with Gasteiger partial charge >= 0.3 is 0 Å². The summed E-state index contributed by atoms with van der Waals surface area (Å²) in [5.41, 5.74) is 3.98. The summed E-state index contributed by atoms with van der Waals surface area (Å²) in [6.07, 6.45) is 0. The van der Waals surface area contributed by atoms with E-state index < -0.39 is 0 Å². The Bertz CT molecular complexity index is 584. The quantitative estimate of drug-likeness (QED) is 0.866. The molecule has 1 aromatic heterocycles. The molecule has 2 aromatic rings. The highest BCUT2D eigenvalue weighted by Gasteiger charge is 2.10. The highest BCUT2D eigenvalue weighted by Crippen LogP contribution is 2.32. The van der Waals surface area contributed by atoms with Crippen LogP contribution in [0.5, 0.6) is 11.5 Å². The fourth-order valence-corrected chi connectivity index (χ4v) is 2.25. The van der Waals surface area contributed by atoms with Gasteiger partial charge in [0, 0.05) is 23.1 Å². The van der Waals surface area contributed by atoms with Gasteiger partial charge in [0.1, 0.15) is 11.5 Å². The second kappa shape index (κ2) is 5.97. The van der Waals surface area contributed by atoms with Gasteiger partial charge in [-0.2, -0.15) is 12.6 Å². The first-order valence-electron chi connectivity index (χ1n) is 5.99. The third-order valence-corrected chi connectivity index (χ3v) is 3.39. The monoisotopic (exact) mass is 275 g/mol. The van der Waals surface area contributed by atoms with Gasteiger partial charge in [0.05, 0.1) is 19.9 Å². The Morgan fingerprint density at radius 3 is 2.47 bits per heavy atom. The lowest BCUT2D eigenvalue weighted by Crippen LogP contribution is -1.95. The molecule has 0 spiro atoms. The third-order valence-electron chi connectivity index (χ3n) is 3.05. The molecule has 0 aliphatic rings. The molecular weight excluding hydrogens is 258 g/mol. The van der Waals surface area contributed by atoms with Gasteiger partial charge in [0.2, 0.25) is 0 Å². The first kappa shape index (κ1) is 13.7. The van der Waals surface area contributed by atoms with Crippen LogP contribution in [-0.2, 0) is 5.75 Å². The van der Waals surface area contributed by atoms with Crippen molar-refractivity contribution in [3.63, 3.8) is 0 Å². The summed E-state index contributed by atoms with van der Waals surface area (Å²) in [5, 5.41) is 0. The van der Waals surface area contributed by atoms with Crippen LogP contribution in [0.1, 0.15) is 11.3 Å². The number of thiol groups is 1. The topological polar surface area (TPSA) is 31.4 Å². The van der Waals surface area contributed by atoms with E-state index in [1.165, 1.54) is 0 Å². The molecule has 19 heavy (non-hydrogen) atoms. The minimum Gasteiger partial charge on any atom is -0.497 e. The van der Waals surface area contributed by atoms with Gasteiger partial charge in [-0.05, 0) is 30.7 Å². The molecule has 0 saturated carbocycles. The van der Waals surface area contributed by atoms with Crippen LogP contribution >= 0.6 is 12.6 Å². The van der Waals surface area contributed by atoms with Crippen LogP contribution in [0.2, 0.25) is 0 Å². The van der Waals surface area contributed by atoms with Crippen molar-refractivity contribution in [1.29, 1.82) is 0 Å². The molecule has 0 radical (unpaired) electrons. The lowest BCUT2D eigenvalue weighted by molar-refractivity contribution is 0.395. The molecule has 1 aromatic carbocycles. The van der Waals surface area contributed by atoms with Gasteiger partial charge in [-0.1, -0.05) is 6.07 Å². The molecule has 0 aliphatic carbocycles. The van der Waals surface area contributed by atoms with Gasteiger partial charge in [0.15, 0.2) is 0 Å². The lowest BCUT2D eigenvalue weighted by atomic mass is 10.1. The Balaban J connectivity index is 2.49. The number of benzene rings is 1. The van der Waals surface area contributed by atoms with E-state index in [-0.39, 0.29) is 0 Å². The highest BCUT2D eigenvalue weighted by atomic mass is 32.1. The number of aryl methyl sites for hydroxylation is 1. The molecule has 4 heteroatoms. The summed E-state index contributed by atoms with van der Waals surface area (Å²) < 4.78 is 10.6. The third kappa shape index (κ3) is 2.84. The maximum atomic E-state index is 5.40. The maximum absolute atomic E-state index is 5.40. The van der Waals surface area contributed by atoms with Gasteiger partial charge in [-0.15, -0.1) is 0 Å². The standard InChI is InChI=1S/C15H17NO2S/c1-10-11(9-19)4-7-14(16-10)13-6-5-12(17-2)8-15(13)18-3/h4-8,19H,9H2,1-3H3. The number of hydrogen-bond acceptors (Lipinski definition) is 4. The Morgan fingerprint density at radius 2 is 1.89 bits per heavy atom. The van der Waals surface area contributed by atoms with Gasteiger partial charge in [-0.3, -0.25) is 4.98 Å². The van der Waals surface area contributed by atoms with Crippen LogP contribution in [0.15, 0.2) is 30.3 Å². The van der Waals surface area contributed by atoms with Crippen LogP contribution in [0, 0.1) is 6.92 Å². The Labute approximate surface area is 119 Å². The average Bonchev–Trinajstić information content (AvgIpc) is 2.46. The van der Waals surface area contributed by atoms with Crippen LogP contribution < -0.4 is 9.47 Å². The van der Waals surface area contributed by atoms with Crippen molar-refractivity contribution in [3.05, 3.63) is 41.6 Å². The summed E-state index contributed by atoms with van der Waals surface area (Å²) >= 11 is 4.28. The molecule has 2 rings (SSSR count). The van der Waals surface area contributed by atoms with Crippen molar-refractivity contribution in [1.82, 2.24) is 4.98 Å². The fraction of sp³-hybridized carbons (Fsp3) is 0.267. The molecule has 0 saturated heterocycles. The molecule has 0 fully saturated rings. The number of hydrogen-bond donors (Lipinski definition) is 1. The van der Waals surface area contributed by atoms with Crippen LogP contribution in [0.25, 0.3) is 11.3 Å². The van der Waals surface area contributed by atoms with E-state index in [4.69, 9.17) is 9.47 Å². The zero-order chi connectivity index (χ0) is 13.8. The van der Waals surface area contributed by atoms with E-state index in [2.05, 4.69) is 17.6 Å². The fourth-order valence-electron chi connectivity index (χ4n) is 1.92. The second-order valence-corrected chi connectivity index (χ2v) is 4.48. The minimum absolute atomic E-state index is 0.693. The van der Waals surface area contributed by atoms with E-state index in [0.29, 0.717) is 5.75 Å². The van der Waals surface area contributed by atoms with Crippen LogP contribution in [-0.4, -0.2) is 19.2 Å². The van der Waals surface area contributed by atoms with E-state index in [1.54, 1.807) is 14.2 Å². The number of methoxy groups -OCH3 is 2. The van der Waals surface area contributed by atoms with Crippen LogP contribution in [0.4, 0.5) is 0 Å². The molecule has 0 bridgehead atoms. The first-order valence-corrected chi connectivity index (χ1v) is 6.62. The van der Waals surface area contributed by atoms with E-state index >= 15 is 0 Å². The molecule has 1 heterocycles. The number of nitrogens with zero attached hydrogens (tertiary/aromatic N) is 1. The average molecular weight is 275 g/mol. The summed E-state index contributed by atoms with van der Waals surface area (Å²) in [7, 11) is 3.28. The van der Waals surface area contributed by atoms with Crippen molar-refractivity contribution in [2.24, 2.45) is 0 Å². The second-order valence-electron chi connectivity index (χ2n) is 4.17. The summed E-state index contributed by atoms with van der Waals surface area (Å²) in [4.78, 5) is 4.61. The summed E-state index contributed by atoms with van der Waals surface area (Å²) in [6.45, 7) is 1.99. The Kier molecular flexibility index (Phi) is 4.32. The molecule has 0 unspecified atom stereocenters. The number of rotatable bonds is 4. The zero-order valence-electron chi connectivity index (χ0n) is 11.3. The van der Waals surface area contributed by atoms with E-state index in [1.807, 2.05) is 37.3 Å². The number of aromatic nitrogens is 1. The summed E-state index contributed by atoms with van der Waals surface area (Å²) in [5.74, 6) is 2.22. The lowest BCUT2D eigenvalue weighted by Gasteiger charge is -2.11. The van der Waals surface area contributed by atoms with Crippen molar-refractivity contribution in [3.8, 4) is 22.8 Å². The largest absolute Gasteiger partial charge is 0.497 e. The Morgan fingerprint density at radius 1 is 1.11 bits per heavy atom. The molecule has 100 valence electrons. The molecule has 0 aliphatic heterocycles. The minimum atomic E-state index is 0.693. The van der Waals surface area contributed by atoms with E-state index in [0.717, 1.165) is 34.0 Å².